The molecule has 4 N–H and O–H groups in total. The summed E-state index contributed by atoms with van der Waals surface area (Å²) in [4.78, 5) is 13.2. The van der Waals surface area contributed by atoms with Crippen LogP contribution in [0.4, 0.5) is 5.69 Å². The number of benzene rings is 3. The van der Waals surface area contributed by atoms with E-state index in [1.807, 2.05) is 63.2 Å². The maximum Gasteiger partial charge on any atom is 0.251 e. The molecule has 3 aromatic rings. The Morgan fingerprint density at radius 3 is 2.17 bits per heavy atom. The molecule has 0 spiro atoms. The Kier molecular flexibility index (Phi) is 9.25. The van der Waals surface area contributed by atoms with E-state index in [1.165, 1.54) is 28.6 Å². The number of carbonyl (C=O) groups excluding carboxylic acids is 1. The maximum atomic E-state index is 13.5. The van der Waals surface area contributed by atoms with E-state index in [2.05, 4.69) is 5.32 Å². The minimum Gasteiger partial charge on any atom is -0.399 e. The number of aryl methyl sites for hydroxylation is 1. The van der Waals surface area contributed by atoms with Gasteiger partial charge in [-0.2, -0.15) is 4.31 Å². The van der Waals surface area contributed by atoms with E-state index >= 15 is 0 Å². The summed E-state index contributed by atoms with van der Waals surface area (Å²) in [5.74, 6) is -0.292. The lowest BCUT2D eigenvalue weighted by Crippen LogP contribution is -2.51. The number of amides is 1. The number of nitrogen functional groups attached to an aromatic ring is 1. The molecule has 0 aliphatic carbocycles. The highest BCUT2D eigenvalue weighted by molar-refractivity contribution is 7.89. The fraction of sp³-hybridized carbons (Fsp3) is 0.321. The highest BCUT2D eigenvalue weighted by Crippen LogP contribution is 2.20. The van der Waals surface area contributed by atoms with Gasteiger partial charge in [0, 0.05) is 24.3 Å². The summed E-state index contributed by atoms with van der Waals surface area (Å²) in [5.41, 5.74) is 8.45. The molecule has 36 heavy (non-hydrogen) atoms. The number of aliphatic hydroxyl groups is 1. The molecule has 7 nitrogen and oxygen atoms in total. The number of carbonyl (C=O) groups is 1. The largest absolute Gasteiger partial charge is 0.399 e. The first-order chi connectivity index (χ1) is 17.1. The Balaban J connectivity index is 1.89. The summed E-state index contributed by atoms with van der Waals surface area (Å²) in [6.07, 6.45) is -0.808. The summed E-state index contributed by atoms with van der Waals surface area (Å²) in [6.45, 7) is 5.73. The lowest BCUT2D eigenvalue weighted by Gasteiger charge is -2.31. The Labute approximate surface area is 214 Å². The Hall–Kier alpha value is -3.20. The highest BCUT2D eigenvalue weighted by Gasteiger charge is 2.31. The molecule has 0 saturated carbocycles. The van der Waals surface area contributed by atoms with Crippen molar-refractivity contribution in [3.8, 4) is 0 Å². The number of nitrogens with zero attached hydrogens (tertiary/aromatic N) is 1. The third kappa shape index (κ3) is 7.16. The zero-order valence-corrected chi connectivity index (χ0v) is 21.8. The second-order valence-electron chi connectivity index (χ2n) is 9.44. The van der Waals surface area contributed by atoms with Gasteiger partial charge in [0.05, 0.1) is 17.0 Å². The second-order valence-corrected chi connectivity index (χ2v) is 11.4. The quantitative estimate of drug-likeness (QED) is 0.342. The van der Waals surface area contributed by atoms with Gasteiger partial charge in [-0.1, -0.05) is 62.4 Å². The van der Waals surface area contributed by atoms with Gasteiger partial charge in [0.1, 0.15) is 0 Å². The van der Waals surface area contributed by atoms with Gasteiger partial charge in [-0.05, 0) is 60.7 Å². The van der Waals surface area contributed by atoms with Crippen LogP contribution in [0.2, 0.25) is 0 Å². The minimum atomic E-state index is -3.90. The van der Waals surface area contributed by atoms with E-state index in [9.17, 15) is 18.3 Å². The molecular weight excluding hydrogens is 474 g/mol. The number of aliphatic hydroxyl groups excluding tert-OH is 1. The molecule has 0 saturated heterocycles. The lowest BCUT2D eigenvalue weighted by atomic mass is 9.99. The second kappa shape index (κ2) is 12.2. The SMILES string of the molecule is Cc1ccccc1C(=O)N[C@@H](Cc1ccccc1)[C@H](O)CN(CC(C)C)S(=O)(=O)c1ccc(N)cc1. The van der Waals surface area contributed by atoms with Crippen LogP contribution in [0.3, 0.4) is 0 Å². The summed E-state index contributed by atoms with van der Waals surface area (Å²) in [6, 6.07) is 22.0. The third-order valence-corrected chi connectivity index (χ3v) is 7.79. The van der Waals surface area contributed by atoms with Crippen molar-refractivity contribution >= 4 is 21.6 Å². The number of anilines is 1. The maximum absolute atomic E-state index is 13.5. The number of hydrogen-bond donors (Lipinski definition) is 3. The summed E-state index contributed by atoms with van der Waals surface area (Å²) in [7, 11) is -3.90. The van der Waals surface area contributed by atoms with Gasteiger partial charge in [0.2, 0.25) is 10.0 Å². The van der Waals surface area contributed by atoms with Crippen molar-refractivity contribution in [2.45, 2.75) is 44.2 Å². The first-order valence-electron chi connectivity index (χ1n) is 12.0. The third-order valence-electron chi connectivity index (χ3n) is 5.95. The Morgan fingerprint density at radius 2 is 1.56 bits per heavy atom. The van der Waals surface area contributed by atoms with Crippen molar-refractivity contribution in [2.24, 2.45) is 5.92 Å². The van der Waals surface area contributed by atoms with Crippen LogP contribution in [-0.4, -0.2) is 49.0 Å². The fourth-order valence-corrected chi connectivity index (χ4v) is 5.65. The van der Waals surface area contributed by atoms with Gasteiger partial charge < -0.3 is 16.2 Å². The lowest BCUT2D eigenvalue weighted by molar-refractivity contribution is 0.0775. The van der Waals surface area contributed by atoms with Crippen molar-refractivity contribution in [1.29, 1.82) is 0 Å². The predicted molar refractivity (Wildman–Crippen MR) is 143 cm³/mol. The number of nitrogens with one attached hydrogen (secondary N) is 1. The van der Waals surface area contributed by atoms with Crippen LogP contribution in [-0.2, 0) is 16.4 Å². The zero-order chi connectivity index (χ0) is 26.3. The van der Waals surface area contributed by atoms with Gasteiger partial charge >= 0.3 is 0 Å². The predicted octanol–water partition coefficient (Wildman–Crippen LogP) is 3.63. The van der Waals surface area contributed by atoms with E-state index in [0.717, 1.165) is 11.1 Å². The van der Waals surface area contributed by atoms with E-state index < -0.39 is 22.2 Å². The zero-order valence-electron chi connectivity index (χ0n) is 21.0. The van der Waals surface area contributed by atoms with Gasteiger partial charge in [-0.3, -0.25) is 4.79 Å². The van der Waals surface area contributed by atoms with Crippen molar-refractivity contribution in [2.75, 3.05) is 18.8 Å². The molecule has 3 rings (SSSR count). The first-order valence-corrected chi connectivity index (χ1v) is 13.5. The van der Waals surface area contributed by atoms with Crippen molar-refractivity contribution < 1.29 is 18.3 Å². The topological polar surface area (TPSA) is 113 Å². The summed E-state index contributed by atoms with van der Waals surface area (Å²) in [5, 5.41) is 14.3. The molecular formula is C28H35N3O4S. The minimum absolute atomic E-state index is 0.0230. The molecule has 192 valence electrons. The molecule has 0 radical (unpaired) electrons. The molecule has 0 aliphatic rings. The van der Waals surface area contributed by atoms with E-state index in [1.54, 1.807) is 12.1 Å². The summed E-state index contributed by atoms with van der Waals surface area (Å²) < 4.78 is 28.2. The Bertz CT molecular complexity index is 1250. The van der Waals surface area contributed by atoms with Gasteiger partial charge in [-0.15, -0.1) is 0 Å². The molecule has 0 aromatic heterocycles. The number of rotatable bonds is 11. The van der Waals surface area contributed by atoms with E-state index in [4.69, 9.17) is 5.73 Å². The molecule has 3 aromatic carbocycles. The molecule has 8 heteroatoms. The number of sulfonamides is 1. The van der Waals surface area contributed by atoms with Gasteiger partial charge in [0.25, 0.3) is 5.91 Å². The van der Waals surface area contributed by atoms with Gasteiger partial charge in [0.15, 0.2) is 0 Å². The van der Waals surface area contributed by atoms with Crippen LogP contribution in [0.15, 0.2) is 83.8 Å². The average molecular weight is 510 g/mol. The van der Waals surface area contributed by atoms with Crippen LogP contribution in [0.5, 0.6) is 0 Å². The molecule has 0 fully saturated rings. The van der Waals surface area contributed by atoms with Crippen molar-refractivity contribution in [3.05, 3.63) is 95.6 Å². The van der Waals surface area contributed by atoms with Crippen LogP contribution >= 0.6 is 0 Å². The monoisotopic (exact) mass is 509 g/mol. The average Bonchev–Trinajstić information content (AvgIpc) is 2.84. The van der Waals surface area contributed by atoms with E-state index in [0.29, 0.717) is 17.7 Å². The standard InChI is InChI=1S/C28H35N3O4S/c1-20(2)18-31(36(34,35)24-15-13-23(29)14-16-24)19-27(32)26(17-22-10-5-4-6-11-22)30-28(33)25-12-8-7-9-21(25)3/h4-16,20,26-27,32H,17-19,29H2,1-3H3,(H,30,33)/t26-,27+/m0/s1. The van der Waals surface area contributed by atoms with Crippen molar-refractivity contribution in [1.82, 2.24) is 9.62 Å². The number of hydrogen-bond acceptors (Lipinski definition) is 5. The smallest absolute Gasteiger partial charge is 0.251 e. The van der Waals surface area contributed by atoms with Crippen LogP contribution in [0, 0.1) is 12.8 Å². The van der Waals surface area contributed by atoms with Crippen LogP contribution in [0.25, 0.3) is 0 Å². The van der Waals surface area contributed by atoms with Gasteiger partial charge in [-0.25, -0.2) is 8.42 Å². The summed E-state index contributed by atoms with van der Waals surface area (Å²) >= 11 is 0. The Morgan fingerprint density at radius 1 is 0.944 bits per heavy atom. The van der Waals surface area contributed by atoms with Crippen LogP contribution < -0.4 is 11.1 Å². The molecule has 1 amide bonds. The first kappa shape index (κ1) is 27.4. The molecule has 0 bridgehead atoms. The molecule has 0 aliphatic heterocycles. The van der Waals surface area contributed by atoms with Crippen molar-refractivity contribution in [3.63, 3.8) is 0 Å². The molecule has 0 heterocycles. The molecule has 2 atom stereocenters. The fourth-order valence-electron chi connectivity index (χ4n) is 4.03. The normalized spacial score (nSPS) is 13.5. The van der Waals surface area contributed by atoms with Crippen LogP contribution in [0.1, 0.15) is 35.3 Å². The number of nitrogens with two attached hydrogens (primary N) is 1. The highest BCUT2D eigenvalue weighted by atomic mass is 32.2. The molecule has 0 unspecified atom stereocenters. The van der Waals surface area contributed by atoms with E-state index in [-0.39, 0.29) is 29.8 Å².